The molecule has 5 heterocycles. The minimum absolute atomic E-state index is 0.00105. The van der Waals surface area contributed by atoms with Crippen LogP contribution in [0.3, 0.4) is 0 Å². The second-order valence-electron chi connectivity index (χ2n) is 11.1. The van der Waals surface area contributed by atoms with E-state index < -0.39 is 5.82 Å². The van der Waals surface area contributed by atoms with Crippen molar-refractivity contribution in [2.45, 2.75) is 39.2 Å². The fraction of sp³-hybridized carbons (Fsp3) is 0.290. The molecule has 1 aliphatic carbocycles. The van der Waals surface area contributed by atoms with Crippen LogP contribution in [0.15, 0.2) is 48.7 Å². The molecule has 41 heavy (non-hydrogen) atoms. The van der Waals surface area contributed by atoms with E-state index in [2.05, 4.69) is 4.57 Å². The number of piperidine rings is 1. The van der Waals surface area contributed by atoms with Gasteiger partial charge >= 0.3 is 0 Å². The predicted octanol–water partition coefficient (Wildman–Crippen LogP) is 6.49. The number of aromatic nitrogens is 4. The van der Waals surface area contributed by atoms with E-state index in [0.29, 0.717) is 52.6 Å². The van der Waals surface area contributed by atoms with Gasteiger partial charge in [0.15, 0.2) is 0 Å². The standard InChI is InChI=1S/C31H28ClFN6O2/c1-17-28(36-39-15-20(12-23(33)29(17)39)31(41)37-11-3-4-21(34)16-37)25-13-19-9-10-24(22-5-2-6-26(40)27(22)32)35-30(19)38(25)14-18-7-8-18/h2,5-6,9-10,12-13,15,18,34,40H,3-4,7-8,11,14,16H2,1H3. The minimum Gasteiger partial charge on any atom is -0.506 e. The molecule has 8 nitrogen and oxygen atoms in total. The molecule has 208 valence electrons. The lowest BCUT2D eigenvalue weighted by Crippen LogP contribution is -2.40. The van der Waals surface area contributed by atoms with Crippen LogP contribution >= 0.6 is 11.6 Å². The summed E-state index contributed by atoms with van der Waals surface area (Å²) in [5.74, 6) is -0.280. The second-order valence-corrected chi connectivity index (χ2v) is 11.5. The first-order valence-corrected chi connectivity index (χ1v) is 14.2. The number of rotatable bonds is 5. The first kappa shape index (κ1) is 25.7. The summed E-state index contributed by atoms with van der Waals surface area (Å²) in [7, 11) is 0. The van der Waals surface area contributed by atoms with Crippen molar-refractivity contribution in [1.29, 1.82) is 5.41 Å². The number of hydrogen-bond acceptors (Lipinski definition) is 5. The zero-order valence-corrected chi connectivity index (χ0v) is 23.2. The first-order chi connectivity index (χ1) is 19.8. The Bertz CT molecular complexity index is 1890. The number of pyridine rings is 2. The number of carbonyl (C=O) groups is 1. The Kier molecular flexibility index (Phi) is 6.08. The summed E-state index contributed by atoms with van der Waals surface area (Å²) < 4.78 is 19.2. The Hall–Kier alpha value is -4.24. The Morgan fingerprint density at radius 1 is 1.22 bits per heavy atom. The molecule has 1 amide bonds. The van der Waals surface area contributed by atoms with Gasteiger partial charge in [0.1, 0.15) is 28.4 Å². The van der Waals surface area contributed by atoms with Crippen LogP contribution in [0.2, 0.25) is 5.02 Å². The summed E-state index contributed by atoms with van der Waals surface area (Å²) in [6.45, 7) is 3.42. The molecule has 0 atom stereocenters. The number of hydrogen-bond donors (Lipinski definition) is 2. The van der Waals surface area contributed by atoms with Gasteiger partial charge in [-0.2, -0.15) is 5.10 Å². The number of aryl methyl sites for hydroxylation is 1. The molecule has 0 radical (unpaired) electrons. The van der Waals surface area contributed by atoms with Gasteiger partial charge in [-0.1, -0.05) is 23.7 Å². The van der Waals surface area contributed by atoms with Crippen LogP contribution in [0.4, 0.5) is 4.39 Å². The van der Waals surface area contributed by atoms with E-state index in [1.165, 1.54) is 10.6 Å². The second kappa shape index (κ2) is 9.69. The number of carbonyl (C=O) groups excluding carboxylic acids is 1. The Morgan fingerprint density at radius 3 is 2.83 bits per heavy atom. The lowest BCUT2D eigenvalue weighted by atomic mass is 10.1. The highest BCUT2D eigenvalue weighted by atomic mass is 35.5. The Morgan fingerprint density at radius 2 is 2.05 bits per heavy atom. The number of nitrogens with zero attached hydrogens (tertiary/aromatic N) is 5. The van der Waals surface area contributed by atoms with Crippen molar-refractivity contribution in [1.82, 2.24) is 24.1 Å². The molecule has 1 aliphatic heterocycles. The molecule has 4 aromatic heterocycles. The fourth-order valence-corrected chi connectivity index (χ4v) is 6.02. The Balaban J connectivity index is 1.35. The van der Waals surface area contributed by atoms with Gasteiger partial charge in [0.05, 0.1) is 28.5 Å². The SMILES string of the molecule is Cc1c(-c2cc3ccc(-c4cccc(O)c4Cl)nc3n2CC2CC2)nn2cc(C(=O)N3CCCC(=N)C3)cc(F)c12. The molecular formula is C31H28ClFN6O2. The number of fused-ring (bicyclic) bond motifs is 2. The molecule has 1 aromatic carbocycles. The maximum atomic E-state index is 15.6. The van der Waals surface area contributed by atoms with Gasteiger partial charge in [0.25, 0.3) is 5.91 Å². The highest BCUT2D eigenvalue weighted by Gasteiger charge is 2.28. The van der Waals surface area contributed by atoms with Gasteiger partial charge in [-0.15, -0.1) is 0 Å². The lowest BCUT2D eigenvalue weighted by Gasteiger charge is -2.27. The monoisotopic (exact) mass is 570 g/mol. The summed E-state index contributed by atoms with van der Waals surface area (Å²) in [6.07, 6.45) is 5.28. The number of phenolic OH excluding ortho intramolecular Hbond substituents is 1. The topological polar surface area (TPSA) is 99.5 Å². The molecule has 2 fully saturated rings. The summed E-state index contributed by atoms with van der Waals surface area (Å²) >= 11 is 6.40. The van der Waals surface area contributed by atoms with Crippen molar-refractivity contribution in [2.75, 3.05) is 13.1 Å². The quantitative estimate of drug-likeness (QED) is 0.252. The van der Waals surface area contributed by atoms with E-state index in [1.807, 2.05) is 31.2 Å². The number of likely N-dealkylation sites (tertiary alicyclic amines) is 1. The zero-order chi connectivity index (χ0) is 28.4. The number of nitrogens with one attached hydrogen (secondary N) is 1. The largest absolute Gasteiger partial charge is 0.506 e. The summed E-state index contributed by atoms with van der Waals surface area (Å²) in [6, 6.07) is 12.3. The molecule has 10 heteroatoms. The minimum atomic E-state index is -0.511. The number of benzene rings is 1. The number of amides is 1. The third-order valence-electron chi connectivity index (χ3n) is 8.12. The zero-order valence-electron chi connectivity index (χ0n) is 22.5. The summed E-state index contributed by atoms with van der Waals surface area (Å²) in [4.78, 5) is 19.7. The summed E-state index contributed by atoms with van der Waals surface area (Å²) in [5, 5.41) is 24.1. The van der Waals surface area contributed by atoms with Gasteiger partial charge in [0.2, 0.25) is 0 Å². The van der Waals surface area contributed by atoms with Crippen LogP contribution in [-0.4, -0.2) is 53.9 Å². The average molecular weight is 571 g/mol. The predicted molar refractivity (Wildman–Crippen MR) is 156 cm³/mol. The van der Waals surface area contributed by atoms with E-state index in [4.69, 9.17) is 27.1 Å². The van der Waals surface area contributed by atoms with Crippen molar-refractivity contribution in [2.24, 2.45) is 5.92 Å². The molecule has 7 rings (SSSR count). The molecular weight excluding hydrogens is 543 g/mol. The molecule has 2 N–H and O–H groups in total. The highest BCUT2D eigenvalue weighted by molar-refractivity contribution is 6.34. The molecule has 2 aliphatic rings. The normalized spacial score (nSPS) is 15.8. The fourth-order valence-electron chi connectivity index (χ4n) is 5.80. The van der Waals surface area contributed by atoms with Crippen LogP contribution in [0.25, 0.3) is 39.2 Å². The van der Waals surface area contributed by atoms with Crippen molar-refractivity contribution in [3.8, 4) is 28.4 Å². The highest BCUT2D eigenvalue weighted by Crippen LogP contribution is 2.39. The molecule has 5 aromatic rings. The van der Waals surface area contributed by atoms with Crippen molar-refractivity contribution >= 4 is 39.8 Å². The summed E-state index contributed by atoms with van der Waals surface area (Å²) in [5.41, 5.74) is 5.24. The van der Waals surface area contributed by atoms with Crippen molar-refractivity contribution < 1.29 is 14.3 Å². The van der Waals surface area contributed by atoms with Gasteiger partial charge in [-0.05, 0) is 68.9 Å². The van der Waals surface area contributed by atoms with Crippen molar-refractivity contribution in [3.05, 3.63) is 70.6 Å². The van der Waals surface area contributed by atoms with Crippen molar-refractivity contribution in [3.63, 3.8) is 0 Å². The first-order valence-electron chi connectivity index (χ1n) is 13.8. The number of halogens is 2. The molecule has 1 saturated carbocycles. The van der Waals surface area contributed by atoms with Gasteiger partial charge in [0, 0.05) is 41.5 Å². The number of phenols is 1. The van der Waals surface area contributed by atoms with E-state index in [0.717, 1.165) is 42.5 Å². The molecule has 0 bridgehead atoms. The van der Waals surface area contributed by atoms with Gasteiger partial charge in [-0.25, -0.2) is 13.9 Å². The lowest BCUT2D eigenvalue weighted by molar-refractivity contribution is 0.0767. The van der Waals surface area contributed by atoms with Crippen LogP contribution in [-0.2, 0) is 6.54 Å². The number of aromatic hydroxyl groups is 1. The maximum absolute atomic E-state index is 15.6. The smallest absolute Gasteiger partial charge is 0.255 e. The van der Waals surface area contributed by atoms with Gasteiger partial charge < -0.3 is 20.0 Å². The van der Waals surface area contributed by atoms with E-state index in [-0.39, 0.29) is 28.8 Å². The van der Waals surface area contributed by atoms with E-state index in [9.17, 15) is 9.90 Å². The maximum Gasteiger partial charge on any atom is 0.255 e. The van der Waals surface area contributed by atoms with Crippen LogP contribution < -0.4 is 0 Å². The van der Waals surface area contributed by atoms with Crippen LogP contribution in [0.1, 0.15) is 41.6 Å². The Labute approximate surface area is 240 Å². The molecule has 0 spiro atoms. The van der Waals surface area contributed by atoms with E-state index >= 15 is 4.39 Å². The van der Waals surface area contributed by atoms with Gasteiger partial charge in [-0.3, -0.25) is 4.79 Å². The third kappa shape index (κ3) is 4.44. The average Bonchev–Trinajstić information content (AvgIpc) is 3.63. The van der Waals surface area contributed by atoms with E-state index in [1.54, 1.807) is 23.2 Å². The molecule has 0 unspecified atom stereocenters. The van der Waals surface area contributed by atoms with Crippen LogP contribution in [0.5, 0.6) is 5.75 Å². The molecule has 1 saturated heterocycles. The van der Waals surface area contributed by atoms with Crippen LogP contribution in [0, 0.1) is 24.1 Å². The third-order valence-corrected chi connectivity index (χ3v) is 8.52.